The van der Waals surface area contributed by atoms with Crippen molar-refractivity contribution in [3.63, 3.8) is 0 Å². The third-order valence-electron chi connectivity index (χ3n) is 7.92. The Morgan fingerprint density at radius 1 is 0.826 bits per heavy atom. The van der Waals surface area contributed by atoms with Crippen LogP contribution in [-0.2, 0) is 32.6 Å². The van der Waals surface area contributed by atoms with Crippen LogP contribution in [0.2, 0.25) is 0 Å². The Bertz CT molecular complexity index is 1730. The summed E-state index contributed by atoms with van der Waals surface area (Å²) in [5.41, 5.74) is 3.74. The monoisotopic (exact) mass is 641 g/mol. The lowest BCUT2D eigenvalue weighted by molar-refractivity contribution is -0.140. The van der Waals surface area contributed by atoms with Crippen molar-refractivity contribution in [3.8, 4) is 5.75 Å². The molecule has 46 heavy (non-hydrogen) atoms. The van der Waals surface area contributed by atoms with Gasteiger partial charge in [0.25, 0.3) is 10.0 Å². The molecule has 0 radical (unpaired) electrons. The molecule has 2 unspecified atom stereocenters. The fourth-order valence-electron chi connectivity index (χ4n) is 5.23. The molecule has 0 aliphatic rings. The van der Waals surface area contributed by atoms with E-state index in [0.717, 1.165) is 26.6 Å². The molecule has 0 aliphatic carbocycles. The van der Waals surface area contributed by atoms with Crippen molar-refractivity contribution < 1.29 is 22.7 Å². The molecule has 0 spiro atoms. The van der Waals surface area contributed by atoms with E-state index in [9.17, 15) is 18.0 Å². The zero-order chi connectivity index (χ0) is 33.3. The van der Waals surface area contributed by atoms with Gasteiger partial charge in [-0.15, -0.1) is 0 Å². The number of anilines is 1. The largest absolute Gasteiger partial charge is 0.495 e. The van der Waals surface area contributed by atoms with Gasteiger partial charge in [-0.1, -0.05) is 91.3 Å². The summed E-state index contributed by atoms with van der Waals surface area (Å²) < 4.78 is 35.2. The molecule has 242 valence electrons. The average Bonchev–Trinajstić information content (AvgIpc) is 3.05. The second kappa shape index (κ2) is 15.6. The van der Waals surface area contributed by atoms with Crippen LogP contribution in [-0.4, -0.2) is 50.9 Å². The predicted octanol–water partition coefficient (Wildman–Crippen LogP) is 6.06. The van der Waals surface area contributed by atoms with Crippen LogP contribution in [0.15, 0.2) is 108 Å². The van der Waals surface area contributed by atoms with E-state index in [2.05, 4.69) is 5.32 Å². The fraction of sp³-hybridized carbons (Fsp3) is 0.297. The van der Waals surface area contributed by atoms with E-state index in [4.69, 9.17) is 4.74 Å². The third kappa shape index (κ3) is 8.54. The second-order valence-electron chi connectivity index (χ2n) is 11.5. The molecule has 4 aromatic rings. The lowest BCUT2D eigenvalue weighted by Crippen LogP contribution is -2.54. The van der Waals surface area contributed by atoms with E-state index in [1.54, 1.807) is 30.3 Å². The summed E-state index contributed by atoms with van der Waals surface area (Å²) in [4.78, 5) is 30.2. The Morgan fingerprint density at radius 3 is 2.09 bits per heavy atom. The van der Waals surface area contributed by atoms with E-state index in [1.807, 2.05) is 88.4 Å². The summed E-state index contributed by atoms with van der Waals surface area (Å²) in [5, 5.41) is 3.06. The van der Waals surface area contributed by atoms with Crippen molar-refractivity contribution in [2.75, 3.05) is 18.0 Å². The smallest absolute Gasteiger partial charge is 0.264 e. The third-order valence-corrected chi connectivity index (χ3v) is 9.69. The molecular weight excluding hydrogens is 598 g/mol. The normalized spacial score (nSPS) is 12.5. The Morgan fingerprint density at radius 2 is 1.46 bits per heavy atom. The SMILES string of the molecule is CCC(C)NC(=O)C(Cc1ccccc1)N(Cc1cccc(C)c1)C(=O)CN(c1cc(C)ccc1OC)S(=O)(=O)c1ccccc1. The number of methoxy groups -OCH3 is 1. The summed E-state index contributed by atoms with van der Waals surface area (Å²) in [5.74, 6) is -0.520. The Balaban J connectivity index is 1.85. The molecule has 8 nitrogen and oxygen atoms in total. The van der Waals surface area contributed by atoms with Crippen molar-refractivity contribution in [1.29, 1.82) is 0 Å². The number of rotatable bonds is 14. The molecule has 1 N–H and O–H groups in total. The van der Waals surface area contributed by atoms with Crippen LogP contribution in [0.4, 0.5) is 5.69 Å². The van der Waals surface area contributed by atoms with Gasteiger partial charge in [0.15, 0.2) is 0 Å². The molecule has 2 atom stereocenters. The van der Waals surface area contributed by atoms with Crippen LogP contribution >= 0.6 is 0 Å². The molecule has 0 heterocycles. The van der Waals surface area contributed by atoms with Gasteiger partial charge in [0, 0.05) is 19.0 Å². The maximum Gasteiger partial charge on any atom is 0.264 e. The molecule has 9 heteroatoms. The molecule has 4 rings (SSSR count). The van der Waals surface area contributed by atoms with E-state index < -0.39 is 28.5 Å². The number of hydrogen-bond donors (Lipinski definition) is 1. The van der Waals surface area contributed by atoms with Gasteiger partial charge in [0.05, 0.1) is 17.7 Å². The van der Waals surface area contributed by atoms with Crippen LogP contribution in [0.5, 0.6) is 5.75 Å². The first-order valence-corrected chi connectivity index (χ1v) is 16.9. The standard InChI is InChI=1S/C37H43N3O5S/c1-6-29(4)38-37(42)34(24-30-15-9-7-10-16-30)39(25-31-17-13-14-27(2)22-31)36(41)26-40(33-23-28(3)20-21-35(33)45-5)46(43,44)32-18-11-8-12-19-32/h7-23,29,34H,6,24-26H2,1-5H3,(H,38,42). The van der Waals surface area contributed by atoms with Crippen molar-refractivity contribution >= 4 is 27.5 Å². The minimum absolute atomic E-state index is 0.0342. The summed E-state index contributed by atoms with van der Waals surface area (Å²) in [7, 11) is -2.77. The maximum atomic E-state index is 14.7. The van der Waals surface area contributed by atoms with Gasteiger partial charge >= 0.3 is 0 Å². The molecule has 0 saturated carbocycles. The molecule has 0 saturated heterocycles. The second-order valence-corrected chi connectivity index (χ2v) is 13.4. The Labute approximate surface area is 273 Å². The zero-order valence-corrected chi connectivity index (χ0v) is 28.0. The van der Waals surface area contributed by atoms with Gasteiger partial charge in [-0.2, -0.15) is 0 Å². The molecule has 0 bridgehead atoms. The van der Waals surface area contributed by atoms with Gasteiger partial charge in [-0.05, 0) is 68.1 Å². The van der Waals surface area contributed by atoms with Crippen molar-refractivity contribution in [3.05, 3.63) is 125 Å². The molecule has 0 aromatic heterocycles. The highest BCUT2D eigenvalue weighted by Crippen LogP contribution is 2.34. The lowest BCUT2D eigenvalue weighted by atomic mass is 10.0. The molecule has 0 aliphatic heterocycles. The fourth-order valence-corrected chi connectivity index (χ4v) is 6.67. The quantitative estimate of drug-likeness (QED) is 0.181. The minimum Gasteiger partial charge on any atom is -0.495 e. The number of benzene rings is 4. The lowest BCUT2D eigenvalue weighted by Gasteiger charge is -2.34. The summed E-state index contributed by atoms with van der Waals surface area (Å²) in [6, 6.07) is 29.4. The van der Waals surface area contributed by atoms with Gasteiger partial charge in [0.2, 0.25) is 11.8 Å². The topological polar surface area (TPSA) is 96.0 Å². The number of hydrogen-bond acceptors (Lipinski definition) is 5. The average molecular weight is 642 g/mol. The van der Waals surface area contributed by atoms with Crippen LogP contribution in [0.3, 0.4) is 0 Å². The highest BCUT2D eigenvalue weighted by molar-refractivity contribution is 7.92. The van der Waals surface area contributed by atoms with Crippen LogP contribution in [0, 0.1) is 13.8 Å². The highest BCUT2D eigenvalue weighted by Gasteiger charge is 2.35. The summed E-state index contributed by atoms with van der Waals surface area (Å²) in [6.45, 7) is 7.26. The van der Waals surface area contributed by atoms with Crippen molar-refractivity contribution in [2.24, 2.45) is 0 Å². The van der Waals surface area contributed by atoms with Crippen molar-refractivity contribution in [2.45, 2.75) is 64.1 Å². The van der Waals surface area contributed by atoms with Crippen LogP contribution in [0.25, 0.3) is 0 Å². The highest BCUT2D eigenvalue weighted by atomic mass is 32.2. The maximum absolute atomic E-state index is 14.7. The van der Waals surface area contributed by atoms with Crippen molar-refractivity contribution in [1.82, 2.24) is 10.2 Å². The van der Waals surface area contributed by atoms with E-state index in [0.29, 0.717) is 12.2 Å². The van der Waals surface area contributed by atoms with E-state index in [-0.39, 0.29) is 35.5 Å². The molecule has 2 amide bonds. The Hall–Kier alpha value is -4.63. The van der Waals surface area contributed by atoms with E-state index in [1.165, 1.54) is 24.1 Å². The summed E-state index contributed by atoms with van der Waals surface area (Å²) in [6.07, 6.45) is 0.964. The van der Waals surface area contributed by atoms with Gasteiger partial charge < -0.3 is 15.0 Å². The number of nitrogens with zero attached hydrogens (tertiary/aromatic N) is 2. The number of nitrogens with one attached hydrogen (secondary N) is 1. The van der Waals surface area contributed by atoms with Crippen LogP contribution in [0.1, 0.15) is 42.5 Å². The summed E-state index contributed by atoms with van der Waals surface area (Å²) >= 11 is 0. The zero-order valence-electron chi connectivity index (χ0n) is 27.1. The van der Waals surface area contributed by atoms with E-state index >= 15 is 0 Å². The first kappa shape index (κ1) is 34.2. The molecule has 4 aromatic carbocycles. The number of aryl methyl sites for hydroxylation is 2. The van der Waals surface area contributed by atoms with Gasteiger partial charge in [-0.25, -0.2) is 8.42 Å². The van der Waals surface area contributed by atoms with Gasteiger partial charge in [0.1, 0.15) is 18.3 Å². The molecule has 0 fully saturated rings. The van der Waals surface area contributed by atoms with Crippen LogP contribution < -0.4 is 14.4 Å². The molecular formula is C37H43N3O5S. The number of ether oxygens (including phenoxy) is 1. The first-order valence-electron chi connectivity index (χ1n) is 15.4. The Kier molecular flexibility index (Phi) is 11.6. The number of amides is 2. The number of carbonyl (C=O) groups excluding carboxylic acids is 2. The predicted molar refractivity (Wildman–Crippen MR) is 182 cm³/mol. The number of carbonyl (C=O) groups is 2. The first-order chi connectivity index (χ1) is 22.0. The minimum atomic E-state index is -4.23. The van der Waals surface area contributed by atoms with Gasteiger partial charge in [-0.3, -0.25) is 13.9 Å². The number of sulfonamides is 1.